The summed E-state index contributed by atoms with van der Waals surface area (Å²) in [5, 5.41) is 28.1. The molecule has 1 aliphatic rings. The van der Waals surface area contributed by atoms with Crippen LogP contribution in [0, 0.1) is 27.3 Å². The fraction of sp³-hybridized carbons (Fsp3) is 0.160. The van der Waals surface area contributed by atoms with Gasteiger partial charge in [-0.1, -0.05) is 41.4 Å². The minimum atomic E-state index is -2.08. The normalized spacial score (nSPS) is 18.9. The van der Waals surface area contributed by atoms with Gasteiger partial charge in [-0.25, -0.2) is 14.2 Å². The lowest BCUT2D eigenvalue weighted by Gasteiger charge is -2.34. The number of hydrazone groups is 1. The van der Waals surface area contributed by atoms with Gasteiger partial charge < -0.3 is 4.74 Å². The number of benzene rings is 3. The Morgan fingerprint density at radius 3 is 2.42 bits per heavy atom. The van der Waals surface area contributed by atoms with Gasteiger partial charge in [-0.2, -0.15) is 10.4 Å². The summed E-state index contributed by atoms with van der Waals surface area (Å²) in [6.07, 6.45) is 0. The van der Waals surface area contributed by atoms with Crippen LogP contribution in [-0.4, -0.2) is 28.8 Å². The van der Waals surface area contributed by atoms with Crippen molar-refractivity contribution < 1.29 is 18.8 Å². The number of halogens is 3. The SMILES string of the molecule is CCOC(=O)C1(C#N)C(c2ccc(F)cc2)C(c2ccc(Cl)cc2Cl)=NN1c1ccc([N+](=O)[O-])cc1. The molecule has 0 radical (unpaired) electrons. The Morgan fingerprint density at radius 2 is 1.86 bits per heavy atom. The van der Waals surface area contributed by atoms with Crippen LogP contribution >= 0.6 is 23.2 Å². The number of hydrogen-bond donors (Lipinski definition) is 0. The molecule has 0 aliphatic carbocycles. The molecule has 3 aromatic carbocycles. The third kappa shape index (κ3) is 4.26. The smallest absolute Gasteiger partial charge is 0.350 e. The van der Waals surface area contributed by atoms with E-state index in [0.717, 1.165) is 0 Å². The number of nitro benzene ring substituents is 1. The number of esters is 1. The molecular weight excluding hydrogens is 510 g/mol. The first kappa shape index (κ1) is 25.1. The van der Waals surface area contributed by atoms with Gasteiger partial charge in [0.05, 0.1) is 33.9 Å². The summed E-state index contributed by atoms with van der Waals surface area (Å²) in [5.41, 5.74) is -1.01. The van der Waals surface area contributed by atoms with Crippen LogP contribution in [0.5, 0.6) is 0 Å². The summed E-state index contributed by atoms with van der Waals surface area (Å²) in [4.78, 5) is 24.1. The lowest BCUT2D eigenvalue weighted by molar-refractivity contribution is -0.384. The standard InChI is InChI=1S/C25H17Cl2FN4O4/c1-2-36-24(33)25(14-29)22(15-3-6-17(28)7-4-15)23(20-12-5-16(26)13-21(20)27)30-31(25)18-8-10-19(11-9-18)32(34)35/h3-13,22H,2H2,1H3. The molecule has 1 heterocycles. The van der Waals surface area contributed by atoms with Crippen LogP contribution in [0.1, 0.15) is 24.0 Å². The Balaban J connectivity index is 2.02. The first-order valence-electron chi connectivity index (χ1n) is 10.7. The molecule has 36 heavy (non-hydrogen) atoms. The van der Waals surface area contributed by atoms with E-state index < -0.39 is 28.2 Å². The van der Waals surface area contributed by atoms with Gasteiger partial charge in [0.1, 0.15) is 11.9 Å². The molecule has 0 N–H and O–H groups in total. The number of ether oxygens (including phenoxy) is 1. The van der Waals surface area contributed by atoms with Crippen LogP contribution in [0.25, 0.3) is 0 Å². The van der Waals surface area contributed by atoms with Gasteiger partial charge in [0.15, 0.2) is 0 Å². The summed E-state index contributed by atoms with van der Waals surface area (Å²) in [6, 6.07) is 17.3. The molecule has 11 heteroatoms. The number of rotatable bonds is 6. The van der Waals surface area contributed by atoms with E-state index in [1.54, 1.807) is 19.1 Å². The highest BCUT2D eigenvalue weighted by molar-refractivity contribution is 6.37. The molecule has 0 aromatic heterocycles. The van der Waals surface area contributed by atoms with Crippen molar-refractivity contribution in [2.24, 2.45) is 5.10 Å². The molecule has 0 spiro atoms. The zero-order chi connectivity index (χ0) is 26.0. The maximum atomic E-state index is 13.8. The first-order chi connectivity index (χ1) is 17.2. The fourth-order valence-electron chi connectivity index (χ4n) is 4.11. The predicted octanol–water partition coefficient (Wildman–Crippen LogP) is 5.87. The number of nitro groups is 1. The number of carbonyl (C=O) groups excluding carboxylic acids is 1. The molecule has 0 amide bonds. The van der Waals surface area contributed by atoms with Crippen LogP contribution in [0.4, 0.5) is 15.8 Å². The minimum absolute atomic E-state index is 0.0243. The summed E-state index contributed by atoms with van der Waals surface area (Å²) < 4.78 is 19.1. The molecular formula is C25H17Cl2FN4O4. The highest BCUT2D eigenvalue weighted by Crippen LogP contribution is 2.46. The van der Waals surface area contributed by atoms with Crippen molar-refractivity contribution >= 4 is 46.3 Å². The molecule has 8 nitrogen and oxygen atoms in total. The number of nitriles is 1. The van der Waals surface area contributed by atoms with Crippen molar-refractivity contribution in [3.05, 3.63) is 104 Å². The lowest BCUT2D eigenvalue weighted by Crippen LogP contribution is -2.54. The number of hydrogen-bond acceptors (Lipinski definition) is 7. The third-order valence-corrected chi connectivity index (χ3v) is 6.25. The zero-order valence-corrected chi connectivity index (χ0v) is 20.2. The van der Waals surface area contributed by atoms with Gasteiger partial charge in [0.25, 0.3) is 11.2 Å². The molecule has 182 valence electrons. The van der Waals surface area contributed by atoms with E-state index in [2.05, 4.69) is 11.2 Å². The largest absolute Gasteiger partial charge is 0.463 e. The van der Waals surface area contributed by atoms with Gasteiger partial charge >= 0.3 is 5.97 Å². The minimum Gasteiger partial charge on any atom is -0.463 e. The molecule has 0 saturated carbocycles. The van der Waals surface area contributed by atoms with E-state index in [4.69, 9.17) is 27.9 Å². The maximum absolute atomic E-state index is 13.8. The van der Waals surface area contributed by atoms with Crippen LogP contribution in [0.3, 0.4) is 0 Å². The highest BCUT2D eigenvalue weighted by atomic mass is 35.5. The summed E-state index contributed by atoms with van der Waals surface area (Å²) in [5.74, 6) is -2.48. The fourth-order valence-corrected chi connectivity index (χ4v) is 4.61. The van der Waals surface area contributed by atoms with Gasteiger partial charge in [-0.15, -0.1) is 0 Å². The van der Waals surface area contributed by atoms with Crippen molar-refractivity contribution in [3.8, 4) is 6.07 Å². The second-order valence-corrected chi connectivity index (χ2v) is 8.62. The Kier molecular flexibility index (Phi) is 6.93. The van der Waals surface area contributed by atoms with Crippen molar-refractivity contribution in [1.29, 1.82) is 5.26 Å². The number of nitrogens with zero attached hydrogens (tertiary/aromatic N) is 4. The molecule has 0 bridgehead atoms. The van der Waals surface area contributed by atoms with Crippen molar-refractivity contribution in [2.45, 2.75) is 18.4 Å². The third-order valence-electron chi connectivity index (χ3n) is 5.71. The van der Waals surface area contributed by atoms with Crippen LogP contribution in [0.2, 0.25) is 10.0 Å². The molecule has 3 aromatic rings. The van der Waals surface area contributed by atoms with Gasteiger partial charge in [-0.05, 0) is 48.9 Å². The average Bonchev–Trinajstić information content (AvgIpc) is 3.20. The number of anilines is 1. The second kappa shape index (κ2) is 9.93. The summed E-state index contributed by atoms with van der Waals surface area (Å²) in [6.45, 7) is 1.57. The topological polar surface area (TPSA) is 109 Å². The maximum Gasteiger partial charge on any atom is 0.350 e. The number of carbonyl (C=O) groups is 1. The molecule has 2 unspecified atom stereocenters. The van der Waals surface area contributed by atoms with Crippen molar-refractivity contribution in [1.82, 2.24) is 0 Å². The Morgan fingerprint density at radius 1 is 1.19 bits per heavy atom. The summed E-state index contributed by atoms with van der Waals surface area (Å²) in [7, 11) is 0. The van der Waals surface area contributed by atoms with Crippen LogP contribution < -0.4 is 5.01 Å². The van der Waals surface area contributed by atoms with Crippen molar-refractivity contribution in [2.75, 3.05) is 11.6 Å². The number of non-ortho nitro benzene ring substituents is 1. The van der Waals surface area contributed by atoms with E-state index in [9.17, 15) is 24.6 Å². The lowest BCUT2D eigenvalue weighted by atomic mass is 9.75. The van der Waals surface area contributed by atoms with E-state index in [1.807, 2.05) is 0 Å². The van der Waals surface area contributed by atoms with Crippen LogP contribution in [0.15, 0.2) is 71.8 Å². The van der Waals surface area contributed by atoms with E-state index in [-0.39, 0.29) is 28.7 Å². The first-order valence-corrected chi connectivity index (χ1v) is 11.4. The molecule has 0 fully saturated rings. The Bertz CT molecular complexity index is 1410. The zero-order valence-electron chi connectivity index (χ0n) is 18.7. The van der Waals surface area contributed by atoms with Gasteiger partial charge in [0.2, 0.25) is 0 Å². The highest BCUT2D eigenvalue weighted by Gasteiger charge is 2.60. The van der Waals surface area contributed by atoms with E-state index >= 15 is 0 Å². The molecule has 1 aliphatic heterocycles. The van der Waals surface area contributed by atoms with Gasteiger partial charge in [-0.3, -0.25) is 10.1 Å². The van der Waals surface area contributed by atoms with Crippen LogP contribution in [-0.2, 0) is 9.53 Å². The predicted molar refractivity (Wildman–Crippen MR) is 133 cm³/mol. The van der Waals surface area contributed by atoms with Crippen molar-refractivity contribution in [3.63, 3.8) is 0 Å². The molecule has 0 saturated heterocycles. The second-order valence-electron chi connectivity index (χ2n) is 7.78. The molecule has 2 atom stereocenters. The molecule has 4 rings (SSSR count). The summed E-state index contributed by atoms with van der Waals surface area (Å²) >= 11 is 12.6. The Labute approximate surface area is 215 Å². The Hall–Kier alpha value is -4.00. The van der Waals surface area contributed by atoms with E-state index in [0.29, 0.717) is 16.1 Å². The van der Waals surface area contributed by atoms with E-state index in [1.165, 1.54) is 59.6 Å². The average molecular weight is 527 g/mol. The quantitative estimate of drug-likeness (QED) is 0.225. The van der Waals surface area contributed by atoms with Gasteiger partial charge in [0, 0.05) is 22.7 Å². The monoisotopic (exact) mass is 526 g/mol.